The fraction of sp³-hybridized carbons (Fsp3) is 0.684. The predicted molar refractivity (Wildman–Crippen MR) is 94.6 cm³/mol. The van der Waals surface area contributed by atoms with E-state index in [-0.39, 0.29) is 23.3 Å². The molecule has 0 bridgehead atoms. The van der Waals surface area contributed by atoms with Gasteiger partial charge in [-0.15, -0.1) is 0 Å². The minimum absolute atomic E-state index is 0.00310. The van der Waals surface area contributed by atoms with Crippen LogP contribution in [-0.2, 0) is 22.6 Å². The van der Waals surface area contributed by atoms with Crippen LogP contribution in [0.4, 0.5) is 0 Å². The van der Waals surface area contributed by atoms with Crippen LogP contribution in [-0.4, -0.2) is 44.7 Å². The van der Waals surface area contributed by atoms with Gasteiger partial charge in [0.2, 0.25) is 11.8 Å². The first-order valence-corrected chi connectivity index (χ1v) is 9.14. The number of rotatable bonds is 2. The van der Waals surface area contributed by atoms with Gasteiger partial charge in [0.25, 0.3) is 0 Å². The molecule has 1 aromatic heterocycles. The van der Waals surface area contributed by atoms with Crippen molar-refractivity contribution in [1.29, 1.82) is 0 Å². The standard InChI is InChI=1S/C19H28N4O2/c1-13(24)23-8-5-6-16(23)18-20-11-14-12-22(9-7-15(14)21-18)17(25)10-19(2,3)4/h11,16H,5-10,12H2,1-4H3/t16-/m0/s1. The fourth-order valence-corrected chi connectivity index (χ4v) is 3.68. The first-order valence-electron chi connectivity index (χ1n) is 9.14. The molecule has 1 saturated heterocycles. The van der Waals surface area contributed by atoms with E-state index in [1.165, 1.54) is 0 Å². The average Bonchev–Trinajstić information content (AvgIpc) is 3.02. The van der Waals surface area contributed by atoms with E-state index in [0.29, 0.717) is 19.5 Å². The number of amides is 2. The molecule has 2 aliphatic heterocycles. The van der Waals surface area contributed by atoms with Crippen LogP contribution in [0.15, 0.2) is 6.20 Å². The van der Waals surface area contributed by atoms with Gasteiger partial charge in [-0.25, -0.2) is 9.97 Å². The molecule has 0 aliphatic carbocycles. The second-order valence-corrected chi connectivity index (χ2v) is 8.37. The fourth-order valence-electron chi connectivity index (χ4n) is 3.68. The number of hydrogen-bond donors (Lipinski definition) is 0. The summed E-state index contributed by atoms with van der Waals surface area (Å²) in [6, 6.07) is 0.00310. The molecule has 0 spiro atoms. The smallest absolute Gasteiger partial charge is 0.223 e. The number of carbonyl (C=O) groups excluding carboxylic acids is 2. The second-order valence-electron chi connectivity index (χ2n) is 8.37. The Hall–Kier alpha value is -1.98. The van der Waals surface area contributed by atoms with E-state index in [9.17, 15) is 9.59 Å². The van der Waals surface area contributed by atoms with Gasteiger partial charge in [-0.2, -0.15) is 0 Å². The van der Waals surface area contributed by atoms with Gasteiger partial charge in [-0.3, -0.25) is 9.59 Å². The van der Waals surface area contributed by atoms with E-state index in [2.05, 4.69) is 25.8 Å². The zero-order valence-corrected chi connectivity index (χ0v) is 15.7. The Morgan fingerprint density at radius 3 is 2.72 bits per heavy atom. The van der Waals surface area contributed by atoms with Crippen LogP contribution in [0.5, 0.6) is 0 Å². The zero-order chi connectivity index (χ0) is 18.2. The highest BCUT2D eigenvalue weighted by molar-refractivity contribution is 5.77. The molecule has 0 aromatic carbocycles. The Morgan fingerprint density at radius 2 is 2.04 bits per heavy atom. The van der Waals surface area contributed by atoms with Crippen LogP contribution < -0.4 is 0 Å². The summed E-state index contributed by atoms with van der Waals surface area (Å²) in [6.07, 6.45) is 5.09. The molecular formula is C19H28N4O2. The summed E-state index contributed by atoms with van der Waals surface area (Å²) in [6.45, 7) is 9.94. The molecule has 0 radical (unpaired) electrons. The van der Waals surface area contributed by atoms with Gasteiger partial charge in [-0.05, 0) is 18.3 Å². The SMILES string of the molecule is CC(=O)N1CCC[C@H]1c1ncc2c(n1)CCN(C(=O)CC(C)(C)C)C2. The van der Waals surface area contributed by atoms with Crippen molar-refractivity contribution in [1.82, 2.24) is 19.8 Å². The van der Waals surface area contributed by atoms with E-state index < -0.39 is 0 Å². The van der Waals surface area contributed by atoms with Crippen molar-refractivity contribution >= 4 is 11.8 Å². The quantitative estimate of drug-likeness (QED) is 0.827. The molecule has 2 amide bonds. The van der Waals surface area contributed by atoms with Crippen LogP contribution >= 0.6 is 0 Å². The van der Waals surface area contributed by atoms with Crippen molar-refractivity contribution in [2.75, 3.05) is 13.1 Å². The van der Waals surface area contributed by atoms with Gasteiger partial charge < -0.3 is 9.80 Å². The zero-order valence-electron chi connectivity index (χ0n) is 15.7. The summed E-state index contributed by atoms with van der Waals surface area (Å²) < 4.78 is 0. The molecule has 1 aromatic rings. The number of carbonyl (C=O) groups is 2. The van der Waals surface area contributed by atoms with Crippen LogP contribution in [0.25, 0.3) is 0 Å². The Labute approximate surface area is 149 Å². The summed E-state index contributed by atoms with van der Waals surface area (Å²) in [5.41, 5.74) is 2.06. The molecule has 2 aliphatic rings. The molecule has 3 heterocycles. The van der Waals surface area contributed by atoms with Crippen LogP contribution in [0, 0.1) is 5.41 Å². The Morgan fingerprint density at radius 1 is 1.28 bits per heavy atom. The lowest BCUT2D eigenvalue weighted by Crippen LogP contribution is -2.38. The van der Waals surface area contributed by atoms with Gasteiger partial charge in [0.1, 0.15) is 0 Å². The molecule has 136 valence electrons. The van der Waals surface area contributed by atoms with Crippen molar-refractivity contribution in [2.24, 2.45) is 5.41 Å². The molecule has 3 rings (SSSR count). The topological polar surface area (TPSA) is 66.4 Å². The molecule has 25 heavy (non-hydrogen) atoms. The predicted octanol–water partition coefficient (Wildman–Crippen LogP) is 2.48. The molecular weight excluding hydrogens is 316 g/mol. The third-order valence-corrected chi connectivity index (χ3v) is 4.94. The van der Waals surface area contributed by atoms with Crippen molar-refractivity contribution in [3.63, 3.8) is 0 Å². The monoisotopic (exact) mass is 344 g/mol. The second kappa shape index (κ2) is 6.73. The largest absolute Gasteiger partial charge is 0.338 e. The van der Waals surface area contributed by atoms with Crippen molar-refractivity contribution in [3.8, 4) is 0 Å². The van der Waals surface area contributed by atoms with Crippen LogP contribution in [0.1, 0.15) is 70.1 Å². The Bertz CT molecular complexity index is 680. The molecule has 0 saturated carbocycles. The molecule has 6 nitrogen and oxygen atoms in total. The molecule has 1 fully saturated rings. The first-order chi connectivity index (χ1) is 11.7. The van der Waals surface area contributed by atoms with Crippen molar-refractivity contribution in [3.05, 3.63) is 23.3 Å². The van der Waals surface area contributed by atoms with E-state index in [1.54, 1.807) is 6.92 Å². The lowest BCUT2D eigenvalue weighted by atomic mass is 9.91. The summed E-state index contributed by atoms with van der Waals surface area (Å²) >= 11 is 0. The van der Waals surface area contributed by atoms with Gasteiger partial charge in [-0.1, -0.05) is 20.8 Å². The minimum Gasteiger partial charge on any atom is -0.338 e. The van der Waals surface area contributed by atoms with Crippen LogP contribution in [0.3, 0.4) is 0 Å². The van der Waals surface area contributed by atoms with Crippen molar-refractivity contribution < 1.29 is 9.59 Å². The van der Waals surface area contributed by atoms with Crippen molar-refractivity contribution in [2.45, 2.75) is 66.0 Å². The average molecular weight is 344 g/mol. The van der Waals surface area contributed by atoms with Gasteiger partial charge in [0.15, 0.2) is 5.82 Å². The van der Waals surface area contributed by atoms with E-state index >= 15 is 0 Å². The molecule has 6 heteroatoms. The molecule has 0 unspecified atom stereocenters. The lowest BCUT2D eigenvalue weighted by molar-refractivity contribution is -0.134. The maximum absolute atomic E-state index is 12.5. The summed E-state index contributed by atoms with van der Waals surface area (Å²) in [4.78, 5) is 37.3. The summed E-state index contributed by atoms with van der Waals surface area (Å²) in [5, 5.41) is 0. The van der Waals surface area contributed by atoms with E-state index in [4.69, 9.17) is 4.98 Å². The number of fused-ring (bicyclic) bond motifs is 1. The van der Waals surface area contributed by atoms with E-state index in [1.807, 2.05) is 16.0 Å². The third kappa shape index (κ3) is 3.99. The third-order valence-electron chi connectivity index (χ3n) is 4.94. The maximum atomic E-state index is 12.5. The lowest BCUT2D eigenvalue weighted by Gasteiger charge is -2.31. The molecule has 0 N–H and O–H groups in total. The first kappa shape index (κ1) is 17.8. The number of likely N-dealkylation sites (tertiary alicyclic amines) is 1. The van der Waals surface area contributed by atoms with Gasteiger partial charge in [0.05, 0.1) is 11.7 Å². The van der Waals surface area contributed by atoms with Gasteiger partial charge >= 0.3 is 0 Å². The van der Waals surface area contributed by atoms with Crippen LogP contribution in [0.2, 0.25) is 0 Å². The highest BCUT2D eigenvalue weighted by Crippen LogP contribution is 2.31. The molecule has 1 atom stereocenters. The minimum atomic E-state index is -0.00363. The highest BCUT2D eigenvalue weighted by Gasteiger charge is 2.31. The maximum Gasteiger partial charge on any atom is 0.223 e. The Balaban J connectivity index is 1.73. The summed E-state index contributed by atoms with van der Waals surface area (Å²) in [7, 11) is 0. The number of hydrogen-bond acceptors (Lipinski definition) is 4. The number of nitrogens with zero attached hydrogens (tertiary/aromatic N) is 4. The normalized spacial score (nSPS) is 20.6. The number of aromatic nitrogens is 2. The summed E-state index contributed by atoms with van der Waals surface area (Å²) in [5.74, 6) is 1.03. The highest BCUT2D eigenvalue weighted by atomic mass is 16.2. The van der Waals surface area contributed by atoms with E-state index in [0.717, 1.165) is 42.9 Å². The van der Waals surface area contributed by atoms with Gasteiger partial charge in [0, 0.05) is 51.2 Å². The Kier molecular flexibility index (Phi) is 4.80.